The fourth-order valence-electron chi connectivity index (χ4n) is 4.36. The summed E-state index contributed by atoms with van der Waals surface area (Å²) in [5.74, 6) is -0.141. The molecule has 11 heteroatoms. The van der Waals surface area contributed by atoms with E-state index in [0.717, 1.165) is 36.4 Å². The van der Waals surface area contributed by atoms with E-state index < -0.39 is 27.2 Å². The van der Waals surface area contributed by atoms with Gasteiger partial charge in [0.15, 0.2) is 9.84 Å². The van der Waals surface area contributed by atoms with Crippen LogP contribution in [0, 0.1) is 5.82 Å². The van der Waals surface area contributed by atoms with Gasteiger partial charge in [-0.05, 0) is 57.4 Å². The first-order valence-corrected chi connectivity index (χ1v) is 13.1. The van der Waals surface area contributed by atoms with Gasteiger partial charge in [-0.15, -0.1) is 0 Å². The number of amides is 2. The van der Waals surface area contributed by atoms with Crippen molar-refractivity contribution in [3.8, 4) is 0 Å². The van der Waals surface area contributed by atoms with Gasteiger partial charge >= 0.3 is 6.03 Å². The Bertz CT molecular complexity index is 1200. The number of carbonyl (C=O) groups is 1. The summed E-state index contributed by atoms with van der Waals surface area (Å²) in [7, 11) is -3.59. The van der Waals surface area contributed by atoms with Gasteiger partial charge in [-0.1, -0.05) is 0 Å². The first-order valence-electron chi connectivity index (χ1n) is 11.2. The number of fused-ring (bicyclic) bond motifs is 1. The van der Waals surface area contributed by atoms with Gasteiger partial charge in [-0.25, -0.2) is 27.6 Å². The molecular weight excluding hydrogens is 461 g/mol. The molecule has 1 atom stereocenters. The molecule has 1 saturated heterocycles. The number of aromatic nitrogens is 2. The van der Waals surface area contributed by atoms with Crippen LogP contribution in [0.4, 0.5) is 15.1 Å². The highest BCUT2D eigenvalue weighted by Gasteiger charge is 2.42. The van der Waals surface area contributed by atoms with Gasteiger partial charge in [0.2, 0.25) is 5.95 Å². The van der Waals surface area contributed by atoms with Crippen LogP contribution in [0.25, 0.3) is 0 Å². The Kier molecular flexibility index (Phi) is 6.52. The summed E-state index contributed by atoms with van der Waals surface area (Å²) in [6.07, 6.45) is 4.55. The summed E-state index contributed by atoms with van der Waals surface area (Å²) >= 11 is 0. The zero-order chi connectivity index (χ0) is 24.7. The van der Waals surface area contributed by atoms with Gasteiger partial charge in [0, 0.05) is 37.3 Å². The van der Waals surface area contributed by atoms with Crippen molar-refractivity contribution in [2.24, 2.45) is 0 Å². The molecule has 0 unspecified atom stereocenters. The normalized spacial score (nSPS) is 18.9. The second-order valence-electron chi connectivity index (χ2n) is 9.39. The van der Waals surface area contributed by atoms with Crippen molar-refractivity contribution in [3.05, 3.63) is 47.0 Å². The highest BCUT2D eigenvalue weighted by Crippen LogP contribution is 2.38. The molecule has 3 heterocycles. The van der Waals surface area contributed by atoms with Crippen LogP contribution in [0.3, 0.4) is 0 Å². The van der Waals surface area contributed by atoms with Gasteiger partial charge in [-0.3, -0.25) is 0 Å². The van der Waals surface area contributed by atoms with Gasteiger partial charge < -0.3 is 20.3 Å². The predicted molar refractivity (Wildman–Crippen MR) is 125 cm³/mol. The van der Waals surface area contributed by atoms with Gasteiger partial charge in [0.25, 0.3) is 0 Å². The van der Waals surface area contributed by atoms with E-state index in [1.807, 2.05) is 13.8 Å². The average molecular weight is 492 g/mol. The molecule has 4 rings (SSSR count). The monoisotopic (exact) mass is 491 g/mol. The minimum atomic E-state index is -3.59. The number of anilines is 1. The van der Waals surface area contributed by atoms with E-state index in [9.17, 15) is 17.6 Å². The minimum Gasteiger partial charge on any atom is -0.381 e. The highest BCUT2D eigenvalue weighted by molar-refractivity contribution is 7.90. The van der Waals surface area contributed by atoms with Crippen LogP contribution in [-0.2, 0) is 26.7 Å². The molecule has 1 fully saturated rings. The number of sulfone groups is 1. The third-order valence-corrected chi connectivity index (χ3v) is 7.56. The van der Waals surface area contributed by atoms with Crippen LogP contribution in [-0.4, -0.2) is 54.8 Å². The van der Waals surface area contributed by atoms with Gasteiger partial charge in [-0.2, -0.15) is 0 Å². The van der Waals surface area contributed by atoms with Gasteiger partial charge in [0.1, 0.15) is 5.82 Å². The summed E-state index contributed by atoms with van der Waals surface area (Å²) in [6, 6.07) is 2.86. The van der Waals surface area contributed by atoms with Crippen LogP contribution in [0.2, 0.25) is 0 Å². The number of rotatable bonds is 5. The Morgan fingerprint density at radius 3 is 2.65 bits per heavy atom. The van der Waals surface area contributed by atoms with Crippen molar-refractivity contribution in [2.75, 3.05) is 24.8 Å². The summed E-state index contributed by atoms with van der Waals surface area (Å²) < 4.78 is 43.2. The van der Waals surface area contributed by atoms with Gasteiger partial charge in [0.05, 0.1) is 28.7 Å². The Hall–Kier alpha value is -2.79. The topological polar surface area (TPSA) is 114 Å². The van der Waals surface area contributed by atoms with Crippen LogP contribution in [0.1, 0.15) is 56.5 Å². The molecule has 0 aliphatic carbocycles. The lowest BCUT2D eigenvalue weighted by molar-refractivity contribution is 0.0903. The molecule has 184 valence electrons. The van der Waals surface area contributed by atoms with Crippen LogP contribution in [0.5, 0.6) is 0 Å². The number of nitrogens with one attached hydrogen (secondary N) is 2. The molecule has 1 aromatic carbocycles. The lowest BCUT2D eigenvalue weighted by Crippen LogP contribution is -2.46. The van der Waals surface area contributed by atoms with Crippen molar-refractivity contribution in [1.29, 1.82) is 0 Å². The number of nitrogens with zero attached hydrogens (tertiary/aromatic N) is 3. The third-order valence-electron chi connectivity index (χ3n) is 6.47. The van der Waals surface area contributed by atoms with Crippen molar-refractivity contribution >= 4 is 21.8 Å². The molecule has 0 bridgehead atoms. The largest absolute Gasteiger partial charge is 0.381 e. The molecule has 1 aromatic heterocycles. The number of urea groups is 1. The Balaban J connectivity index is 1.49. The lowest BCUT2D eigenvalue weighted by Gasteiger charge is -2.33. The van der Waals surface area contributed by atoms with E-state index in [-0.39, 0.29) is 17.0 Å². The third kappa shape index (κ3) is 5.00. The highest BCUT2D eigenvalue weighted by atomic mass is 32.2. The zero-order valence-electron chi connectivity index (χ0n) is 19.8. The van der Waals surface area contributed by atoms with Crippen molar-refractivity contribution in [3.63, 3.8) is 0 Å². The molecule has 2 aromatic rings. The maximum Gasteiger partial charge on any atom is 0.318 e. The van der Waals surface area contributed by atoms with Crippen LogP contribution < -0.4 is 10.6 Å². The molecular formula is C23H30FN5O4S. The minimum absolute atomic E-state index is 0.127. The number of hydrogen-bond donors (Lipinski definition) is 2. The van der Waals surface area contributed by atoms with Crippen molar-refractivity contribution in [1.82, 2.24) is 20.2 Å². The molecule has 0 spiro atoms. The SMILES string of the molecule is C[C@H](NC(=O)N1Cc2nc(NC3CCOCC3)ncc2C1(C)C)c1cc(F)cc(S(C)(=O)=O)c1. The van der Waals surface area contributed by atoms with E-state index in [2.05, 4.69) is 20.6 Å². The number of halogens is 1. The molecule has 2 aliphatic heterocycles. The Labute approximate surface area is 199 Å². The zero-order valence-corrected chi connectivity index (χ0v) is 20.6. The van der Waals surface area contributed by atoms with E-state index in [1.54, 1.807) is 18.0 Å². The number of ether oxygens (including phenoxy) is 1. The molecule has 0 saturated carbocycles. The Morgan fingerprint density at radius 1 is 1.26 bits per heavy atom. The van der Waals surface area contributed by atoms with Crippen LogP contribution >= 0.6 is 0 Å². The fourth-order valence-corrected chi connectivity index (χ4v) is 5.03. The number of benzene rings is 1. The Morgan fingerprint density at radius 2 is 1.97 bits per heavy atom. The number of hydrogen-bond acceptors (Lipinski definition) is 7. The summed E-state index contributed by atoms with van der Waals surface area (Å²) in [4.78, 5) is 23.9. The molecule has 0 radical (unpaired) electrons. The van der Waals surface area contributed by atoms with Crippen molar-refractivity contribution < 1.29 is 22.3 Å². The quantitative estimate of drug-likeness (QED) is 0.661. The molecule has 9 nitrogen and oxygen atoms in total. The maximum absolute atomic E-state index is 14.0. The van der Waals surface area contributed by atoms with E-state index in [0.29, 0.717) is 31.3 Å². The number of carbonyl (C=O) groups excluding carboxylic acids is 1. The molecule has 2 amide bonds. The average Bonchev–Trinajstić information content (AvgIpc) is 3.03. The standard InChI is InChI=1S/C23H30FN5O4S/c1-14(15-9-16(24)11-18(10-15)34(4,31)32)26-22(30)29-13-20-19(23(29,2)3)12-25-21(28-20)27-17-5-7-33-8-6-17/h9-12,14,17H,5-8,13H2,1-4H3,(H,26,30)(H,25,27,28)/t14-/m0/s1. The molecule has 2 N–H and O–H groups in total. The lowest BCUT2D eigenvalue weighted by atomic mass is 9.97. The first-order chi connectivity index (χ1) is 15.9. The second-order valence-corrected chi connectivity index (χ2v) is 11.4. The van der Waals surface area contributed by atoms with Crippen LogP contribution in [0.15, 0.2) is 29.3 Å². The van der Waals surface area contributed by atoms with E-state index in [4.69, 9.17) is 4.74 Å². The maximum atomic E-state index is 14.0. The molecule has 34 heavy (non-hydrogen) atoms. The fraction of sp³-hybridized carbons (Fsp3) is 0.522. The van der Waals surface area contributed by atoms with E-state index in [1.165, 1.54) is 12.1 Å². The first kappa shape index (κ1) is 24.3. The summed E-state index contributed by atoms with van der Waals surface area (Å²) in [5, 5.41) is 6.22. The predicted octanol–water partition coefficient (Wildman–Crippen LogP) is 3.13. The smallest absolute Gasteiger partial charge is 0.318 e. The van der Waals surface area contributed by atoms with Crippen molar-refractivity contribution in [2.45, 2.75) is 62.7 Å². The second kappa shape index (κ2) is 9.10. The summed E-state index contributed by atoms with van der Waals surface area (Å²) in [5.41, 5.74) is 1.34. The molecule has 2 aliphatic rings. The van der Waals surface area contributed by atoms with E-state index >= 15 is 0 Å². The summed E-state index contributed by atoms with van der Waals surface area (Å²) in [6.45, 7) is 7.23.